The Labute approximate surface area is 100 Å². The maximum absolute atomic E-state index is 4.43. The van der Waals surface area contributed by atoms with Crippen LogP contribution < -0.4 is 5.32 Å². The molecule has 88 valence electrons. The Hall–Kier alpha value is -1.68. The van der Waals surface area contributed by atoms with Gasteiger partial charge in [0, 0.05) is 24.0 Å². The van der Waals surface area contributed by atoms with Crippen molar-refractivity contribution in [2.24, 2.45) is 0 Å². The quantitative estimate of drug-likeness (QED) is 0.828. The van der Waals surface area contributed by atoms with E-state index >= 15 is 0 Å². The Morgan fingerprint density at radius 3 is 3.06 bits per heavy atom. The Kier molecular flexibility index (Phi) is 2.65. The molecule has 1 atom stereocenters. The molecule has 0 radical (unpaired) electrons. The predicted molar refractivity (Wildman–Crippen MR) is 66.5 cm³/mol. The number of H-pyrrole nitrogens is 1. The third kappa shape index (κ3) is 1.85. The van der Waals surface area contributed by atoms with E-state index in [1.807, 2.05) is 18.3 Å². The molecule has 2 N–H and O–H groups in total. The van der Waals surface area contributed by atoms with E-state index in [9.17, 15) is 0 Å². The van der Waals surface area contributed by atoms with E-state index < -0.39 is 0 Å². The van der Waals surface area contributed by atoms with Gasteiger partial charge in [-0.15, -0.1) is 0 Å². The van der Waals surface area contributed by atoms with Gasteiger partial charge in [0.15, 0.2) is 0 Å². The van der Waals surface area contributed by atoms with Crippen LogP contribution in [0.1, 0.15) is 30.1 Å². The summed E-state index contributed by atoms with van der Waals surface area (Å²) in [5.74, 6) is 0. The third-order valence-electron chi connectivity index (χ3n) is 3.39. The summed E-state index contributed by atoms with van der Waals surface area (Å²) in [6.07, 6.45) is 6.07. The van der Waals surface area contributed by atoms with Crippen molar-refractivity contribution in [1.82, 2.24) is 20.5 Å². The summed E-state index contributed by atoms with van der Waals surface area (Å²) < 4.78 is 0. The second kappa shape index (κ2) is 4.30. The minimum Gasteiger partial charge on any atom is -0.309 e. The summed E-state index contributed by atoms with van der Waals surface area (Å²) >= 11 is 0. The monoisotopic (exact) mass is 228 g/mol. The summed E-state index contributed by atoms with van der Waals surface area (Å²) in [4.78, 5) is 4.14. The van der Waals surface area contributed by atoms with E-state index in [-0.39, 0.29) is 0 Å². The van der Waals surface area contributed by atoms with Crippen molar-refractivity contribution in [1.29, 1.82) is 0 Å². The highest BCUT2D eigenvalue weighted by Crippen LogP contribution is 2.29. The van der Waals surface area contributed by atoms with Gasteiger partial charge >= 0.3 is 0 Å². The summed E-state index contributed by atoms with van der Waals surface area (Å²) in [6, 6.07) is 4.42. The predicted octanol–water partition coefficient (Wildman–Crippen LogP) is 2.20. The lowest BCUT2D eigenvalue weighted by atomic mass is 10.0. The molecule has 0 aliphatic carbocycles. The third-order valence-corrected chi connectivity index (χ3v) is 3.39. The number of pyridine rings is 1. The number of hydrogen-bond acceptors (Lipinski definition) is 3. The molecule has 4 nitrogen and oxygen atoms in total. The van der Waals surface area contributed by atoms with E-state index in [1.165, 1.54) is 24.1 Å². The van der Waals surface area contributed by atoms with Gasteiger partial charge in [-0.2, -0.15) is 5.10 Å². The van der Waals surface area contributed by atoms with Crippen molar-refractivity contribution in [3.63, 3.8) is 0 Å². The van der Waals surface area contributed by atoms with Gasteiger partial charge in [-0.1, -0.05) is 0 Å². The molecular weight excluding hydrogens is 212 g/mol. The highest BCUT2D eigenvalue weighted by Gasteiger charge is 2.22. The first-order valence-corrected chi connectivity index (χ1v) is 6.05. The molecule has 0 aromatic carbocycles. The average Bonchev–Trinajstić information content (AvgIpc) is 2.99. The summed E-state index contributed by atoms with van der Waals surface area (Å²) in [5, 5.41) is 11.1. The largest absolute Gasteiger partial charge is 0.309 e. The number of nitrogens with one attached hydrogen (secondary N) is 2. The van der Waals surface area contributed by atoms with Gasteiger partial charge in [0.25, 0.3) is 0 Å². The molecule has 1 fully saturated rings. The van der Waals surface area contributed by atoms with Gasteiger partial charge in [0.1, 0.15) is 0 Å². The molecule has 1 saturated heterocycles. The second-order valence-electron chi connectivity index (χ2n) is 4.50. The lowest BCUT2D eigenvalue weighted by Crippen LogP contribution is -2.14. The van der Waals surface area contributed by atoms with Crippen LogP contribution in [0.25, 0.3) is 11.3 Å². The van der Waals surface area contributed by atoms with Crippen LogP contribution in [0, 0.1) is 6.92 Å². The van der Waals surface area contributed by atoms with Gasteiger partial charge < -0.3 is 5.32 Å². The van der Waals surface area contributed by atoms with Crippen molar-refractivity contribution in [3.05, 3.63) is 35.8 Å². The Balaban J connectivity index is 1.97. The smallest absolute Gasteiger partial charge is 0.0968 e. The van der Waals surface area contributed by atoms with Crippen LogP contribution in [-0.2, 0) is 0 Å². The van der Waals surface area contributed by atoms with Gasteiger partial charge in [0.05, 0.1) is 11.4 Å². The topological polar surface area (TPSA) is 53.6 Å². The Morgan fingerprint density at radius 1 is 1.41 bits per heavy atom. The van der Waals surface area contributed by atoms with E-state index in [4.69, 9.17) is 0 Å². The zero-order valence-corrected chi connectivity index (χ0v) is 9.90. The first-order chi connectivity index (χ1) is 8.36. The molecule has 0 bridgehead atoms. The maximum atomic E-state index is 4.43. The van der Waals surface area contributed by atoms with Crippen LogP contribution in [0.5, 0.6) is 0 Å². The first kappa shape index (κ1) is 10.5. The molecule has 3 heterocycles. The van der Waals surface area contributed by atoms with E-state index in [0.29, 0.717) is 6.04 Å². The molecule has 0 amide bonds. The molecule has 1 aliphatic heterocycles. The van der Waals surface area contributed by atoms with Crippen LogP contribution in [0.2, 0.25) is 0 Å². The molecular formula is C13H16N4. The summed E-state index contributed by atoms with van der Waals surface area (Å²) in [6.45, 7) is 3.23. The van der Waals surface area contributed by atoms with Gasteiger partial charge in [-0.3, -0.25) is 10.1 Å². The van der Waals surface area contributed by atoms with Crippen molar-refractivity contribution < 1.29 is 0 Å². The number of aromatic nitrogens is 3. The molecule has 0 spiro atoms. The molecule has 1 aliphatic rings. The fraction of sp³-hybridized carbons (Fsp3) is 0.385. The molecule has 3 rings (SSSR count). The SMILES string of the molecule is Cc1c(-c2cccnc2)n[nH]c1C1CCCN1. The lowest BCUT2D eigenvalue weighted by molar-refractivity contribution is 0.622. The van der Waals surface area contributed by atoms with Crippen LogP contribution in [0.4, 0.5) is 0 Å². The fourth-order valence-corrected chi connectivity index (χ4v) is 2.47. The van der Waals surface area contributed by atoms with Crippen molar-refractivity contribution >= 4 is 0 Å². The van der Waals surface area contributed by atoms with Gasteiger partial charge in [-0.25, -0.2) is 0 Å². The zero-order chi connectivity index (χ0) is 11.7. The molecule has 4 heteroatoms. The number of hydrogen-bond donors (Lipinski definition) is 2. The fourth-order valence-electron chi connectivity index (χ4n) is 2.47. The highest BCUT2D eigenvalue weighted by molar-refractivity contribution is 5.62. The van der Waals surface area contributed by atoms with Crippen LogP contribution in [-0.4, -0.2) is 21.7 Å². The number of aromatic amines is 1. The second-order valence-corrected chi connectivity index (χ2v) is 4.50. The van der Waals surface area contributed by atoms with E-state index in [0.717, 1.165) is 17.8 Å². The molecule has 0 saturated carbocycles. The van der Waals surface area contributed by atoms with Gasteiger partial charge in [0.2, 0.25) is 0 Å². The van der Waals surface area contributed by atoms with Crippen LogP contribution in [0.3, 0.4) is 0 Å². The summed E-state index contributed by atoms with van der Waals surface area (Å²) in [7, 11) is 0. The summed E-state index contributed by atoms with van der Waals surface area (Å²) in [5.41, 5.74) is 4.55. The van der Waals surface area contributed by atoms with Crippen molar-refractivity contribution in [3.8, 4) is 11.3 Å². The lowest BCUT2D eigenvalue weighted by Gasteiger charge is -2.08. The first-order valence-electron chi connectivity index (χ1n) is 6.05. The number of rotatable bonds is 2. The Bertz CT molecular complexity index is 497. The van der Waals surface area contributed by atoms with Crippen LogP contribution in [0.15, 0.2) is 24.5 Å². The van der Waals surface area contributed by atoms with Crippen molar-refractivity contribution in [2.45, 2.75) is 25.8 Å². The van der Waals surface area contributed by atoms with E-state index in [2.05, 4.69) is 27.4 Å². The Morgan fingerprint density at radius 2 is 2.35 bits per heavy atom. The number of nitrogens with zero attached hydrogens (tertiary/aromatic N) is 2. The average molecular weight is 228 g/mol. The molecule has 2 aromatic heterocycles. The van der Waals surface area contributed by atoms with Gasteiger partial charge in [-0.05, 0) is 44.0 Å². The molecule has 1 unspecified atom stereocenters. The zero-order valence-electron chi connectivity index (χ0n) is 9.90. The van der Waals surface area contributed by atoms with Crippen LogP contribution >= 0.6 is 0 Å². The standard InChI is InChI=1S/C13H16N4/c1-9-12(10-4-2-6-14-8-10)16-17-13(9)11-5-3-7-15-11/h2,4,6,8,11,15H,3,5,7H2,1H3,(H,16,17). The van der Waals surface area contributed by atoms with E-state index in [1.54, 1.807) is 6.20 Å². The highest BCUT2D eigenvalue weighted by atomic mass is 15.1. The molecule has 17 heavy (non-hydrogen) atoms. The minimum atomic E-state index is 0.438. The minimum absolute atomic E-state index is 0.438. The maximum Gasteiger partial charge on any atom is 0.0968 e. The molecule has 2 aromatic rings. The van der Waals surface area contributed by atoms with Crippen molar-refractivity contribution in [2.75, 3.05) is 6.54 Å². The normalized spacial score (nSPS) is 19.7.